The van der Waals surface area contributed by atoms with Gasteiger partial charge in [-0.1, -0.05) is 54.3 Å². The van der Waals surface area contributed by atoms with Gasteiger partial charge in [-0.25, -0.2) is 9.97 Å². The van der Waals surface area contributed by atoms with Gasteiger partial charge in [-0.3, -0.25) is 14.2 Å². The van der Waals surface area contributed by atoms with E-state index in [0.717, 1.165) is 10.2 Å². The van der Waals surface area contributed by atoms with E-state index in [1.54, 1.807) is 13.1 Å². The molecule has 0 spiro atoms. The Morgan fingerprint density at radius 3 is 2.61 bits per heavy atom. The highest BCUT2D eigenvalue weighted by Crippen LogP contribution is 2.28. The van der Waals surface area contributed by atoms with Crippen molar-refractivity contribution < 1.29 is 4.79 Å². The van der Waals surface area contributed by atoms with Gasteiger partial charge < -0.3 is 5.32 Å². The first-order chi connectivity index (χ1) is 13.6. The van der Waals surface area contributed by atoms with Crippen molar-refractivity contribution in [2.24, 2.45) is 7.05 Å². The minimum atomic E-state index is -0.383. The van der Waals surface area contributed by atoms with Crippen LogP contribution in [-0.2, 0) is 11.8 Å². The van der Waals surface area contributed by atoms with Crippen LogP contribution in [0.25, 0.3) is 21.1 Å². The Balaban J connectivity index is 1.59. The molecule has 0 aliphatic heterocycles. The van der Waals surface area contributed by atoms with Gasteiger partial charge in [-0.15, -0.1) is 0 Å². The number of hydrogen-bond donors (Lipinski definition) is 1. The molecule has 1 amide bonds. The van der Waals surface area contributed by atoms with E-state index in [4.69, 9.17) is 0 Å². The molecule has 28 heavy (non-hydrogen) atoms. The number of nitrogens with one attached hydrogen (secondary N) is 1. The molecule has 6 nitrogen and oxygen atoms in total. The minimum Gasteiger partial charge on any atom is -0.301 e. The van der Waals surface area contributed by atoms with E-state index in [1.165, 1.54) is 27.7 Å². The number of hydrogen-bond acceptors (Lipinski definition) is 6. The standard InChI is InChI=1S/C20H18N4O2S2/c1-3-15(17(25)23-19-21-14-10-6-7-11-16(14)27-19)28-20-22-13-9-5-4-8-12(13)18(26)24(20)2/h4-11,15H,3H2,1-2H3,(H,21,23,25). The first-order valence-electron chi connectivity index (χ1n) is 8.85. The van der Waals surface area contributed by atoms with E-state index in [2.05, 4.69) is 15.3 Å². The van der Waals surface area contributed by atoms with Gasteiger partial charge in [0, 0.05) is 7.05 Å². The van der Waals surface area contributed by atoms with E-state index in [0.29, 0.717) is 27.6 Å². The second kappa shape index (κ2) is 7.73. The van der Waals surface area contributed by atoms with Gasteiger partial charge in [-0.2, -0.15) is 0 Å². The lowest BCUT2D eigenvalue weighted by Gasteiger charge is -2.15. The Hall–Kier alpha value is -2.71. The Morgan fingerprint density at radius 1 is 1.14 bits per heavy atom. The molecule has 1 atom stereocenters. The lowest BCUT2D eigenvalue weighted by Crippen LogP contribution is -2.27. The maximum atomic E-state index is 12.8. The zero-order valence-electron chi connectivity index (χ0n) is 15.4. The van der Waals surface area contributed by atoms with Crippen molar-refractivity contribution in [1.82, 2.24) is 14.5 Å². The van der Waals surface area contributed by atoms with Crippen molar-refractivity contribution in [3.63, 3.8) is 0 Å². The molecule has 0 fully saturated rings. The van der Waals surface area contributed by atoms with Crippen LogP contribution in [0.15, 0.2) is 58.5 Å². The predicted molar refractivity (Wildman–Crippen MR) is 115 cm³/mol. The molecule has 0 aliphatic rings. The number of anilines is 1. The molecular formula is C20H18N4O2S2. The number of benzene rings is 2. The van der Waals surface area contributed by atoms with Gasteiger partial charge in [0.2, 0.25) is 5.91 Å². The Labute approximate surface area is 169 Å². The van der Waals surface area contributed by atoms with Crippen LogP contribution in [0.5, 0.6) is 0 Å². The number of amides is 1. The number of aromatic nitrogens is 3. The summed E-state index contributed by atoms with van der Waals surface area (Å²) >= 11 is 2.74. The number of thioether (sulfide) groups is 1. The molecule has 0 aliphatic carbocycles. The van der Waals surface area contributed by atoms with Crippen molar-refractivity contribution in [3.8, 4) is 0 Å². The van der Waals surface area contributed by atoms with Crippen LogP contribution >= 0.6 is 23.1 Å². The number of fused-ring (bicyclic) bond motifs is 2. The number of nitrogens with zero attached hydrogens (tertiary/aromatic N) is 3. The average Bonchev–Trinajstić information content (AvgIpc) is 3.11. The van der Waals surface area contributed by atoms with Gasteiger partial charge in [0.1, 0.15) is 0 Å². The van der Waals surface area contributed by atoms with Gasteiger partial charge in [0.05, 0.1) is 26.4 Å². The van der Waals surface area contributed by atoms with Crippen LogP contribution in [-0.4, -0.2) is 25.7 Å². The molecule has 2 heterocycles. The fourth-order valence-corrected chi connectivity index (χ4v) is 4.71. The van der Waals surface area contributed by atoms with Crippen molar-refractivity contribution >= 4 is 55.3 Å². The first-order valence-corrected chi connectivity index (χ1v) is 10.6. The molecule has 1 unspecified atom stereocenters. The third-order valence-corrected chi connectivity index (χ3v) is 6.74. The van der Waals surface area contributed by atoms with Crippen molar-refractivity contribution in [2.75, 3.05) is 5.32 Å². The third-order valence-electron chi connectivity index (χ3n) is 4.38. The highest BCUT2D eigenvalue weighted by molar-refractivity contribution is 8.00. The fraction of sp³-hybridized carbons (Fsp3) is 0.200. The monoisotopic (exact) mass is 410 g/mol. The summed E-state index contributed by atoms with van der Waals surface area (Å²) in [6, 6.07) is 15.0. The highest BCUT2D eigenvalue weighted by Gasteiger charge is 2.22. The number of rotatable bonds is 5. The Bertz CT molecular complexity index is 1200. The number of carbonyl (C=O) groups is 1. The summed E-state index contributed by atoms with van der Waals surface area (Å²) in [5, 5.41) is 4.19. The number of para-hydroxylation sites is 2. The SMILES string of the molecule is CCC(Sc1nc2ccccc2c(=O)n1C)C(=O)Nc1nc2ccccc2s1. The van der Waals surface area contributed by atoms with Crippen LogP contribution in [0.1, 0.15) is 13.3 Å². The van der Waals surface area contributed by atoms with Crippen LogP contribution in [0.3, 0.4) is 0 Å². The van der Waals surface area contributed by atoms with E-state index in [9.17, 15) is 9.59 Å². The number of thiazole rings is 1. The van der Waals surface area contributed by atoms with Gasteiger partial charge in [0.25, 0.3) is 5.56 Å². The zero-order chi connectivity index (χ0) is 19.7. The fourth-order valence-electron chi connectivity index (χ4n) is 2.86. The summed E-state index contributed by atoms with van der Waals surface area (Å²) in [5.41, 5.74) is 1.38. The molecule has 8 heteroatoms. The maximum absolute atomic E-state index is 12.8. The van der Waals surface area contributed by atoms with Crippen molar-refractivity contribution in [1.29, 1.82) is 0 Å². The van der Waals surface area contributed by atoms with Crippen molar-refractivity contribution in [2.45, 2.75) is 23.8 Å². The normalized spacial score (nSPS) is 12.4. The lowest BCUT2D eigenvalue weighted by molar-refractivity contribution is -0.115. The summed E-state index contributed by atoms with van der Waals surface area (Å²) < 4.78 is 2.53. The van der Waals surface area contributed by atoms with E-state index in [-0.39, 0.29) is 16.7 Å². The Morgan fingerprint density at radius 2 is 1.86 bits per heavy atom. The largest absolute Gasteiger partial charge is 0.301 e. The summed E-state index contributed by atoms with van der Waals surface area (Å²) in [6.07, 6.45) is 0.601. The summed E-state index contributed by atoms with van der Waals surface area (Å²) in [6.45, 7) is 1.94. The van der Waals surface area contributed by atoms with Crippen LogP contribution in [0.2, 0.25) is 0 Å². The molecule has 4 rings (SSSR count). The van der Waals surface area contributed by atoms with Gasteiger partial charge in [0.15, 0.2) is 10.3 Å². The molecule has 142 valence electrons. The Kier molecular flexibility index (Phi) is 5.15. The zero-order valence-corrected chi connectivity index (χ0v) is 17.0. The number of carbonyl (C=O) groups excluding carboxylic acids is 1. The average molecular weight is 411 g/mol. The van der Waals surface area contributed by atoms with Crippen LogP contribution in [0, 0.1) is 0 Å². The molecule has 4 aromatic rings. The maximum Gasteiger partial charge on any atom is 0.261 e. The second-order valence-corrected chi connectivity index (χ2v) is 8.47. The molecule has 0 radical (unpaired) electrons. The van der Waals surface area contributed by atoms with Crippen LogP contribution in [0.4, 0.5) is 5.13 Å². The lowest BCUT2D eigenvalue weighted by atomic mass is 10.2. The minimum absolute atomic E-state index is 0.116. The molecule has 0 saturated carbocycles. The van der Waals surface area contributed by atoms with Gasteiger partial charge in [-0.05, 0) is 30.7 Å². The molecule has 0 saturated heterocycles. The topological polar surface area (TPSA) is 76.9 Å². The first kappa shape index (κ1) is 18.6. The smallest absolute Gasteiger partial charge is 0.261 e. The van der Waals surface area contributed by atoms with E-state index >= 15 is 0 Å². The predicted octanol–water partition coefficient (Wildman–Crippen LogP) is 4.05. The molecule has 0 bridgehead atoms. The highest BCUT2D eigenvalue weighted by atomic mass is 32.2. The summed E-state index contributed by atoms with van der Waals surface area (Å²) in [4.78, 5) is 34.4. The third kappa shape index (κ3) is 3.53. The van der Waals surface area contributed by atoms with E-state index in [1.807, 2.05) is 49.4 Å². The van der Waals surface area contributed by atoms with Gasteiger partial charge >= 0.3 is 0 Å². The van der Waals surface area contributed by atoms with Crippen molar-refractivity contribution in [3.05, 3.63) is 58.9 Å². The van der Waals surface area contributed by atoms with E-state index < -0.39 is 0 Å². The summed E-state index contributed by atoms with van der Waals surface area (Å²) in [5.74, 6) is -0.144. The quantitative estimate of drug-likeness (QED) is 0.397. The molecule has 2 aromatic carbocycles. The molecule has 1 N–H and O–H groups in total. The molecule has 2 aromatic heterocycles. The van der Waals surface area contributed by atoms with Crippen LogP contribution < -0.4 is 10.9 Å². The summed E-state index contributed by atoms with van der Waals surface area (Å²) in [7, 11) is 1.68. The molecular weight excluding hydrogens is 392 g/mol. The second-order valence-electron chi connectivity index (χ2n) is 6.27.